The number of fused-ring (bicyclic) bond motifs is 2. The maximum atomic E-state index is 12.5. The first-order chi connectivity index (χ1) is 29.2. The largest absolute Gasteiger partial charge is 0.744 e. The number of ether oxygens (including phenoxy) is 4. The average Bonchev–Trinajstić information content (AvgIpc) is 3.57. The molecule has 14 nitrogen and oxygen atoms in total. The number of Topliss-reactive ketones (excluding diaryl/α,β-unsaturated/α-hetero) is 1. The molecule has 0 aliphatic carbocycles. The van der Waals surface area contributed by atoms with Crippen molar-refractivity contribution in [3.63, 3.8) is 0 Å². The number of hydrogen-bond donors (Lipinski definition) is 2. The fraction of sp³-hybridized carbons (Fsp3) is 0.543. The minimum atomic E-state index is -4.71. The molecule has 2 heterocycles. The van der Waals surface area contributed by atoms with Crippen molar-refractivity contribution in [3.8, 4) is 0 Å². The number of benzene rings is 2. The topological polar surface area (TPSA) is 182 Å². The van der Waals surface area contributed by atoms with Gasteiger partial charge in [0.1, 0.15) is 23.3 Å². The molecular formula is C46H66N4O10S. The van der Waals surface area contributed by atoms with Crippen molar-refractivity contribution >= 4 is 38.9 Å². The third-order valence-electron chi connectivity index (χ3n) is 11.3. The van der Waals surface area contributed by atoms with Gasteiger partial charge in [-0.25, -0.2) is 14.3 Å². The summed E-state index contributed by atoms with van der Waals surface area (Å²) in [7, 11) is -1.44. The van der Waals surface area contributed by atoms with Gasteiger partial charge in [0.15, 0.2) is 18.0 Å². The molecule has 0 radical (unpaired) electrons. The fourth-order valence-electron chi connectivity index (χ4n) is 8.00. The molecule has 61 heavy (non-hydrogen) atoms. The van der Waals surface area contributed by atoms with Gasteiger partial charge in [-0.05, 0) is 89.3 Å². The second-order valence-electron chi connectivity index (χ2n) is 16.2. The molecule has 2 aromatic rings. The maximum absolute atomic E-state index is 12.5. The molecule has 2 aliphatic rings. The van der Waals surface area contributed by atoms with E-state index < -0.39 is 15.5 Å². The van der Waals surface area contributed by atoms with Crippen LogP contribution in [-0.2, 0) is 54.3 Å². The van der Waals surface area contributed by atoms with Crippen molar-refractivity contribution in [1.29, 1.82) is 0 Å². The van der Waals surface area contributed by atoms with Crippen LogP contribution in [0.2, 0.25) is 0 Å². The van der Waals surface area contributed by atoms with Crippen LogP contribution in [0.4, 0.5) is 11.4 Å². The number of nitrogens with one attached hydrogen (secondary N) is 1. The minimum absolute atomic E-state index is 0.0723. The SMILES string of the molecule is COCCOCC[N+]1=C(/C=C/C=C/C=C2/N(CCCCCC(=O)NCCCC(=O)CON)c3ccc(S(=O)(=O)[O-])cc3C2(C)CCOCCOC)C(C)(C)c2cc(C)ccc21. The van der Waals surface area contributed by atoms with Crippen molar-refractivity contribution in [1.82, 2.24) is 5.32 Å². The van der Waals surface area contributed by atoms with Crippen LogP contribution in [0, 0.1) is 6.92 Å². The zero-order chi connectivity index (χ0) is 44.5. The molecular weight excluding hydrogens is 801 g/mol. The highest BCUT2D eigenvalue weighted by molar-refractivity contribution is 7.85. The maximum Gasteiger partial charge on any atom is 0.219 e. The summed E-state index contributed by atoms with van der Waals surface area (Å²) in [5.74, 6) is 4.76. The number of ketones is 1. The number of anilines is 1. The molecule has 3 N–H and O–H groups in total. The smallest absolute Gasteiger partial charge is 0.219 e. The first-order valence-electron chi connectivity index (χ1n) is 21.1. The standard InChI is InChI=1S/C46H66N4O10S/c1-35-18-20-40-38(32-35)45(2,3)42(50(40)25-27-59-31-29-57-6)15-9-7-10-16-43-46(4,22-26-58-30-28-56-5)39-33-37(61(53,54)55)19-21-41(39)49(43)24-12-8-11-17-44(52)48-23-13-14-36(51)34-60-47/h7,9-10,15-16,18-21,32-33H,8,11-14,17,22-31,34,47H2,1-6H3,(H-,48,52,53,54,55). The number of aryl methyl sites for hydroxylation is 1. The Labute approximate surface area is 362 Å². The Morgan fingerprint density at radius 1 is 0.869 bits per heavy atom. The molecule has 0 spiro atoms. The van der Waals surface area contributed by atoms with E-state index in [1.54, 1.807) is 20.3 Å². The number of nitrogens with two attached hydrogens (primary N) is 1. The van der Waals surface area contributed by atoms with Crippen LogP contribution in [0.15, 0.2) is 77.4 Å². The Morgan fingerprint density at radius 3 is 2.31 bits per heavy atom. The quantitative estimate of drug-likeness (QED) is 0.0352. The molecule has 4 rings (SSSR count). The highest BCUT2D eigenvalue weighted by Crippen LogP contribution is 2.51. The van der Waals surface area contributed by atoms with Crippen LogP contribution in [0.3, 0.4) is 0 Å². The Balaban J connectivity index is 1.59. The van der Waals surface area contributed by atoms with Gasteiger partial charge in [-0.3, -0.25) is 14.4 Å². The van der Waals surface area contributed by atoms with Crippen LogP contribution in [0.5, 0.6) is 0 Å². The van der Waals surface area contributed by atoms with Gasteiger partial charge in [0.25, 0.3) is 0 Å². The van der Waals surface area contributed by atoms with Gasteiger partial charge in [-0.1, -0.05) is 36.3 Å². The molecule has 2 aromatic carbocycles. The van der Waals surface area contributed by atoms with Gasteiger partial charge >= 0.3 is 0 Å². The summed E-state index contributed by atoms with van der Waals surface area (Å²) in [5, 5.41) is 2.87. The molecule has 0 saturated carbocycles. The van der Waals surface area contributed by atoms with Gasteiger partial charge < -0.3 is 33.7 Å². The highest BCUT2D eigenvalue weighted by atomic mass is 32.2. The summed E-state index contributed by atoms with van der Waals surface area (Å²) >= 11 is 0. The molecule has 1 amide bonds. The van der Waals surface area contributed by atoms with E-state index in [4.69, 9.17) is 24.8 Å². The van der Waals surface area contributed by atoms with E-state index in [0.29, 0.717) is 85.0 Å². The molecule has 2 aliphatic heterocycles. The summed E-state index contributed by atoms with van der Waals surface area (Å²) in [4.78, 5) is 30.4. The molecule has 0 saturated heterocycles. The van der Waals surface area contributed by atoms with Gasteiger partial charge in [0.2, 0.25) is 11.6 Å². The summed E-state index contributed by atoms with van der Waals surface area (Å²) in [6.07, 6.45) is 14.1. The number of allylic oxidation sites excluding steroid dienone is 6. The van der Waals surface area contributed by atoms with Gasteiger partial charge in [-0.2, -0.15) is 4.58 Å². The third-order valence-corrected chi connectivity index (χ3v) is 12.2. The third kappa shape index (κ3) is 13.7. The first kappa shape index (κ1) is 49.6. The zero-order valence-corrected chi connectivity index (χ0v) is 37.7. The number of unbranched alkanes of at least 4 members (excludes halogenated alkanes) is 2. The van der Waals surface area contributed by atoms with Crippen molar-refractivity contribution in [3.05, 3.63) is 89.2 Å². The van der Waals surface area contributed by atoms with E-state index in [9.17, 15) is 22.6 Å². The van der Waals surface area contributed by atoms with Crippen molar-refractivity contribution in [2.24, 2.45) is 5.90 Å². The van der Waals surface area contributed by atoms with Crippen LogP contribution in [0.1, 0.15) is 82.4 Å². The normalized spacial score (nSPS) is 17.9. The average molecular weight is 867 g/mol. The van der Waals surface area contributed by atoms with Crippen molar-refractivity contribution in [2.45, 2.75) is 88.4 Å². The van der Waals surface area contributed by atoms with Crippen LogP contribution in [0.25, 0.3) is 0 Å². The van der Waals surface area contributed by atoms with E-state index in [1.807, 2.05) is 18.2 Å². The number of carbonyl (C=O) groups excluding carboxylic acids is 2. The summed E-state index contributed by atoms with van der Waals surface area (Å²) in [6.45, 7) is 13.1. The number of nitrogens with zero attached hydrogens (tertiary/aromatic N) is 2. The molecule has 336 valence electrons. The van der Waals surface area contributed by atoms with E-state index in [2.05, 4.69) is 77.7 Å². The van der Waals surface area contributed by atoms with Gasteiger partial charge in [0.05, 0.1) is 36.7 Å². The Morgan fingerprint density at radius 2 is 1.61 bits per heavy atom. The second-order valence-corrected chi connectivity index (χ2v) is 17.5. The van der Waals surface area contributed by atoms with Crippen molar-refractivity contribution in [2.75, 3.05) is 85.0 Å². The van der Waals surface area contributed by atoms with Crippen LogP contribution >= 0.6 is 0 Å². The minimum Gasteiger partial charge on any atom is -0.744 e. The summed E-state index contributed by atoms with van der Waals surface area (Å²) in [6, 6.07) is 11.2. The number of amides is 1. The van der Waals surface area contributed by atoms with Crippen LogP contribution in [-0.4, -0.2) is 115 Å². The predicted molar refractivity (Wildman–Crippen MR) is 235 cm³/mol. The molecule has 0 aromatic heterocycles. The highest BCUT2D eigenvalue weighted by Gasteiger charge is 2.45. The van der Waals surface area contributed by atoms with Crippen molar-refractivity contribution < 1.29 is 50.9 Å². The number of hydrogen-bond acceptors (Lipinski definition) is 12. The lowest BCUT2D eigenvalue weighted by atomic mass is 9.78. The molecule has 1 atom stereocenters. The first-order valence-corrected chi connectivity index (χ1v) is 22.5. The molecule has 15 heteroatoms. The lowest BCUT2D eigenvalue weighted by molar-refractivity contribution is -0.442. The van der Waals surface area contributed by atoms with E-state index in [-0.39, 0.29) is 35.0 Å². The monoisotopic (exact) mass is 866 g/mol. The Bertz CT molecular complexity index is 2030. The van der Waals surface area contributed by atoms with Crippen LogP contribution < -0.4 is 16.1 Å². The second kappa shape index (κ2) is 24.0. The zero-order valence-electron chi connectivity index (χ0n) is 36.8. The summed E-state index contributed by atoms with van der Waals surface area (Å²) < 4.78 is 61.3. The van der Waals surface area contributed by atoms with E-state index in [0.717, 1.165) is 35.5 Å². The van der Waals surface area contributed by atoms with Gasteiger partial charge in [-0.15, -0.1) is 0 Å². The lowest BCUT2D eigenvalue weighted by Crippen LogP contribution is -2.30. The summed E-state index contributed by atoms with van der Waals surface area (Å²) in [5.41, 5.74) is 6.36. The number of methoxy groups -OCH3 is 2. The Hall–Kier alpha value is -4.06. The molecule has 0 fully saturated rings. The molecule has 0 bridgehead atoms. The predicted octanol–water partition coefficient (Wildman–Crippen LogP) is 5.68. The van der Waals surface area contributed by atoms with E-state index >= 15 is 0 Å². The Kier molecular flexibility index (Phi) is 19.5. The number of rotatable bonds is 28. The fourth-order valence-corrected chi connectivity index (χ4v) is 8.50. The van der Waals surface area contributed by atoms with E-state index in [1.165, 1.54) is 28.9 Å². The lowest BCUT2D eigenvalue weighted by Gasteiger charge is -2.30. The van der Waals surface area contributed by atoms with Gasteiger partial charge in [0, 0.05) is 81.3 Å². The number of carbonyl (C=O) groups is 2. The molecule has 1 unspecified atom stereocenters.